The van der Waals surface area contributed by atoms with Gasteiger partial charge in [-0.05, 0) is 30.1 Å². The highest BCUT2D eigenvalue weighted by atomic mass is 16.7. The van der Waals surface area contributed by atoms with Crippen LogP contribution in [0.4, 0.5) is 0 Å². The lowest BCUT2D eigenvalue weighted by Gasteiger charge is -2.24. The van der Waals surface area contributed by atoms with Crippen LogP contribution in [-0.2, 0) is 9.63 Å². The largest absolute Gasteiger partial charge is 0.378 e. The molecule has 0 N–H and O–H groups in total. The highest BCUT2D eigenvalue weighted by Crippen LogP contribution is 2.51. The summed E-state index contributed by atoms with van der Waals surface area (Å²) in [5.41, 5.74) is 4.64. The summed E-state index contributed by atoms with van der Waals surface area (Å²) in [6, 6.07) is 0. The Morgan fingerprint density at radius 2 is 2.06 bits per heavy atom. The highest BCUT2D eigenvalue weighted by Gasteiger charge is 2.39. The molecule has 2 aliphatic heterocycles. The fourth-order valence-electron chi connectivity index (χ4n) is 2.64. The predicted molar refractivity (Wildman–Crippen MR) is 63.1 cm³/mol. The van der Waals surface area contributed by atoms with Gasteiger partial charge in [0.25, 0.3) is 0 Å². The van der Waals surface area contributed by atoms with Gasteiger partial charge in [-0.15, -0.1) is 15.3 Å². The van der Waals surface area contributed by atoms with E-state index in [9.17, 15) is 4.79 Å². The van der Waals surface area contributed by atoms with Crippen LogP contribution in [0.2, 0.25) is 0 Å². The third kappa shape index (κ3) is 1.47. The van der Waals surface area contributed by atoms with E-state index in [1.165, 1.54) is 17.6 Å². The van der Waals surface area contributed by atoms with Gasteiger partial charge in [0, 0.05) is 25.1 Å². The van der Waals surface area contributed by atoms with Crippen LogP contribution in [0.3, 0.4) is 0 Å². The van der Waals surface area contributed by atoms with Crippen LogP contribution in [0.25, 0.3) is 0 Å². The number of hydrogen-bond donors (Lipinski definition) is 0. The summed E-state index contributed by atoms with van der Waals surface area (Å²) in [5.74, 6) is -0.371. The molecule has 2 heterocycles. The molecule has 1 saturated heterocycles. The van der Waals surface area contributed by atoms with Crippen molar-refractivity contribution in [1.29, 1.82) is 0 Å². The smallest absolute Gasteiger partial charge is 0.363 e. The number of allylic oxidation sites excluding steroid dienone is 3. The van der Waals surface area contributed by atoms with Crippen LogP contribution in [0.1, 0.15) is 25.7 Å². The summed E-state index contributed by atoms with van der Waals surface area (Å²) < 4.78 is 0. The average Bonchev–Trinajstić information content (AvgIpc) is 2.86. The number of carbonyl (C=O) groups is 1. The molecule has 5 heteroatoms. The second kappa shape index (κ2) is 3.62. The fraction of sp³-hybridized carbons (Fsp3) is 0.462. The van der Waals surface area contributed by atoms with Crippen molar-refractivity contribution in [3.05, 3.63) is 34.2 Å². The number of rotatable bonds is 2. The summed E-state index contributed by atoms with van der Waals surface area (Å²) in [6.07, 6.45) is 6.40. The van der Waals surface area contributed by atoms with Crippen molar-refractivity contribution in [2.45, 2.75) is 25.7 Å². The van der Waals surface area contributed by atoms with E-state index in [4.69, 9.17) is 4.84 Å². The topological polar surface area (TPSA) is 54.3 Å². The van der Waals surface area contributed by atoms with Crippen molar-refractivity contribution in [3.63, 3.8) is 0 Å². The molecule has 0 aromatic heterocycles. The van der Waals surface area contributed by atoms with Gasteiger partial charge >= 0.3 is 5.97 Å². The molecular formula is C13H13N3O2. The van der Waals surface area contributed by atoms with Crippen molar-refractivity contribution in [1.82, 2.24) is 5.06 Å². The molecule has 0 aromatic rings. The molecule has 0 amide bonds. The first kappa shape index (κ1) is 10.2. The Bertz CT molecular complexity index is 563. The molecule has 18 heavy (non-hydrogen) atoms. The van der Waals surface area contributed by atoms with E-state index in [2.05, 4.69) is 10.2 Å². The van der Waals surface area contributed by atoms with Crippen molar-refractivity contribution < 1.29 is 9.63 Å². The zero-order valence-electron chi connectivity index (χ0n) is 9.98. The molecule has 0 radical (unpaired) electrons. The molecular weight excluding hydrogens is 230 g/mol. The first-order chi connectivity index (χ1) is 8.83. The van der Waals surface area contributed by atoms with Gasteiger partial charge in [-0.3, -0.25) is 0 Å². The number of piperidine rings is 1. The minimum atomic E-state index is -0.371. The molecule has 0 spiro atoms. The molecule has 0 aromatic carbocycles. The predicted octanol–water partition coefficient (Wildman–Crippen LogP) is 2.25. The minimum Gasteiger partial charge on any atom is -0.363 e. The first-order valence-electron chi connectivity index (χ1n) is 6.40. The summed E-state index contributed by atoms with van der Waals surface area (Å²) in [6.45, 7) is 1.64. The lowest BCUT2D eigenvalue weighted by molar-refractivity contribution is -0.189. The lowest BCUT2D eigenvalue weighted by Crippen LogP contribution is -2.32. The Kier molecular flexibility index (Phi) is 2.05. The van der Waals surface area contributed by atoms with Gasteiger partial charge in [-0.2, -0.15) is 0 Å². The van der Waals surface area contributed by atoms with Crippen molar-refractivity contribution >= 4 is 5.97 Å². The van der Waals surface area contributed by atoms with Crippen molar-refractivity contribution in [2.75, 3.05) is 13.1 Å². The Morgan fingerprint density at radius 1 is 1.22 bits per heavy atom. The normalized spacial score (nSPS) is 25.2. The van der Waals surface area contributed by atoms with E-state index >= 15 is 0 Å². The van der Waals surface area contributed by atoms with Crippen molar-refractivity contribution in [2.24, 2.45) is 10.2 Å². The summed E-state index contributed by atoms with van der Waals surface area (Å²) in [5, 5.41) is 9.78. The van der Waals surface area contributed by atoms with E-state index in [1.54, 1.807) is 5.06 Å². The SMILES string of the molecule is O=C(ON1CCCCC1)C1=C2C=C3CC3=C2N=N1. The molecule has 0 atom stereocenters. The molecule has 5 nitrogen and oxygen atoms in total. The molecule has 2 aliphatic carbocycles. The van der Waals surface area contributed by atoms with Crippen LogP contribution in [-0.4, -0.2) is 24.1 Å². The van der Waals surface area contributed by atoms with Crippen molar-refractivity contribution in [3.8, 4) is 0 Å². The fourth-order valence-corrected chi connectivity index (χ4v) is 2.64. The monoisotopic (exact) mass is 243 g/mol. The van der Waals surface area contributed by atoms with Gasteiger partial charge in [0.2, 0.25) is 0 Å². The van der Waals surface area contributed by atoms with Gasteiger partial charge in [-0.25, -0.2) is 4.79 Å². The third-order valence-electron chi connectivity index (χ3n) is 3.71. The van der Waals surface area contributed by atoms with E-state index in [0.717, 1.165) is 43.6 Å². The second-order valence-electron chi connectivity index (χ2n) is 5.00. The number of carbonyl (C=O) groups excluding carboxylic acids is 1. The van der Waals surface area contributed by atoms with E-state index in [1.807, 2.05) is 6.08 Å². The molecule has 0 bridgehead atoms. The molecule has 4 rings (SSSR count). The maximum absolute atomic E-state index is 12.1. The molecule has 0 unspecified atom stereocenters. The quantitative estimate of drug-likeness (QED) is 0.747. The summed E-state index contributed by atoms with van der Waals surface area (Å²) in [7, 11) is 0. The highest BCUT2D eigenvalue weighted by molar-refractivity contribution is 5.93. The van der Waals surface area contributed by atoms with E-state index < -0.39 is 0 Å². The number of nitrogens with zero attached hydrogens (tertiary/aromatic N) is 3. The Morgan fingerprint density at radius 3 is 2.89 bits per heavy atom. The van der Waals surface area contributed by atoms with Gasteiger partial charge in [0.15, 0.2) is 5.70 Å². The van der Waals surface area contributed by atoms with Gasteiger partial charge in [0.05, 0.1) is 5.70 Å². The average molecular weight is 243 g/mol. The Hall–Kier alpha value is -1.75. The number of fused-ring (bicyclic) bond motifs is 2. The van der Waals surface area contributed by atoms with Crippen LogP contribution >= 0.6 is 0 Å². The van der Waals surface area contributed by atoms with Crippen LogP contribution in [0.15, 0.2) is 44.4 Å². The van der Waals surface area contributed by atoms with E-state index in [0.29, 0.717) is 5.70 Å². The van der Waals surface area contributed by atoms with Gasteiger partial charge in [-0.1, -0.05) is 6.42 Å². The lowest BCUT2D eigenvalue weighted by atomic mass is 10.1. The summed E-state index contributed by atoms with van der Waals surface area (Å²) >= 11 is 0. The molecule has 1 saturated carbocycles. The van der Waals surface area contributed by atoms with Gasteiger partial charge in [0.1, 0.15) is 0 Å². The minimum absolute atomic E-state index is 0.364. The van der Waals surface area contributed by atoms with E-state index in [-0.39, 0.29) is 5.97 Å². The zero-order chi connectivity index (χ0) is 12.1. The zero-order valence-corrected chi connectivity index (χ0v) is 9.98. The maximum Gasteiger partial charge on any atom is 0.378 e. The maximum atomic E-state index is 12.1. The Balaban J connectivity index is 1.53. The van der Waals surface area contributed by atoms with Crippen LogP contribution < -0.4 is 0 Å². The number of azo groups is 1. The number of hydroxylamine groups is 2. The number of hydrogen-bond acceptors (Lipinski definition) is 5. The third-order valence-corrected chi connectivity index (χ3v) is 3.71. The molecule has 2 fully saturated rings. The van der Waals surface area contributed by atoms with Crippen LogP contribution in [0, 0.1) is 0 Å². The standard InChI is InChI=1S/C13H13N3O2/c17-13(18-16-4-2-1-3-5-16)12-10-7-8-6-9(8)11(10)14-15-12/h7H,1-6H2. The Labute approximate surface area is 104 Å². The second-order valence-corrected chi connectivity index (χ2v) is 5.00. The van der Waals surface area contributed by atoms with Gasteiger partial charge < -0.3 is 4.84 Å². The summed E-state index contributed by atoms with van der Waals surface area (Å²) in [4.78, 5) is 17.4. The molecule has 4 aliphatic rings. The first-order valence-corrected chi connectivity index (χ1v) is 6.40. The van der Waals surface area contributed by atoms with Crippen LogP contribution in [0.5, 0.6) is 0 Å². The molecule has 92 valence electrons.